The third-order valence-corrected chi connectivity index (χ3v) is 3.24. The molecule has 0 radical (unpaired) electrons. The molecule has 0 aliphatic rings. The molecule has 2 aromatic heterocycles. The zero-order chi connectivity index (χ0) is 14.4. The number of pyridine rings is 1. The van der Waals surface area contributed by atoms with Gasteiger partial charge in [-0.15, -0.1) is 0 Å². The maximum absolute atomic E-state index is 6.17. The Bertz CT molecular complexity index is 580. The van der Waals surface area contributed by atoms with E-state index in [1.807, 2.05) is 6.92 Å². The summed E-state index contributed by atoms with van der Waals surface area (Å²) in [7, 11) is 0. The van der Waals surface area contributed by atoms with E-state index in [1.54, 1.807) is 18.3 Å². The van der Waals surface area contributed by atoms with E-state index in [1.165, 1.54) is 6.33 Å². The minimum atomic E-state index is 0.401. The molecular weight excluding hydrogens is 299 g/mol. The minimum absolute atomic E-state index is 0.401. The van der Waals surface area contributed by atoms with Crippen molar-refractivity contribution >= 4 is 29.0 Å². The molecule has 5 nitrogen and oxygen atoms in total. The Morgan fingerprint density at radius 1 is 1.25 bits per heavy atom. The molecule has 2 heterocycles. The zero-order valence-electron chi connectivity index (χ0n) is 10.9. The van der Waals surface area contributed by atoms with Crippen molar-refractivity contribution in [3.8, 4) is 5.88 Å². The highest BCUT2D eigenvalue weighted by atomic mass is 35.5. The summed E-state index contributed by atoms with van der Waals surface area (Å²) in [4.78, 5) is 12.2. The highest BCUT2D eigenvalue weighted by Gasteiger charge is 2.07. The molecule has 0 aliphatic carbocycles. The van der Waals surface area contributed by atoms with E-state index in [2.05, 4.69) is 20.3 Å². The second kappa shape index (κ2) is 7.26. The maximum Gasteiger partial charge on any atom is 0.232 e. The fraction of sp³-hybridized carbons (Fsp3) is 0.308. The summed E-state index contributed by atoms with van der Waals surface area (Å²) in [6, 6.07) is 3.48. The molecule has 0 aromatic carbocycles. The average Bonchev–Trinajstić information content (AvgIpc) is 2.47. The third-order valence-electron chi connectivity index (χ3n) is 2.55. The van der Waals surface area contributed by atoms with Crippen LogP contribution in [0.25, 0.3) is 0 Å². The van der Waals surface area contributed by atoms with E-state index in [0.29, 0.717) is 34.9 Å². The van der Waals surface area contributed by atoms with Crippen molar-refractivity contribution in [1.82, 2.24) is 15.0 Å². The normalized spacial score (nSPS) is 10.3. The van der Waals surface area contributed by atoms with Gasteiger partial charge in [-0.25, -0.2) is 15.0 Å². The molecule has 2 rings (SSSR count). The maximum atomic E-state index is 6.17. The van der Waals surface area contributed by atoms with Crippen LogP contribution in [0.1, 0.15) is 12.6 Å². The van der Waals surface area contributed by atoms with Gasteiger partial charge in [-0.3, -0.25) is 0 Å². The van der Waals surface area contributed by atoms with Gasteiger partial charge in [0.15, 0.2) is 0 Å². The molecule has 0 unspecified atom stereocenters. The number of rotatable bonds is 6. The zero-order valence-corrected chi connectivity index (χ0v) is 12.4. The number of nitrogens with one attached hydrogen (secondary N) is 1. The fourth-order valence-electron chi connectivity index (χ4n) is 1.57. The molecule has 106 valence electrons. The first-order chi connectivity index (χ1) is 9.72. The van der Waals surface area contributed by atoms with Gasteiger partial charge < -0.3 is 10.1 Å². The predicted molar refractivity (Wildman–Crippen MR) is 79.7 cm³/mol. The third kappa shape index (κ3) is 3.71. The summed E-state index contributed by atoms with van der Waals surface area (Å²) >= 11 is 12.1. The Kier molecular flexibility index (Phi) is 5.38. The fourth-order valence-corrected chi connectivity index (χ4v) is 2.04. The van der Waals surface area contributed by atoms with Gasteiger partial charge in [0.05, 0.1) is 12.2 Å². The summed E-state index contributed by atoms with van der Waals surface area (Å²) in [6.07, 6.45) is 3.88. The van der Waals surface area contributed by atoms with E-state index in [0.717, 1.165) is 12.1 Å². The number of aromatic nitrogens is 3. The summed E-state index contributed by atoms with van der Waals surface area (Å²) in [6.45, 7) is 2.93. The van der Waals surface area contributed by atoms with E-state index in [9.17, 15) is 0 Å². The SMILES string of the molecule is CCc1ncnc(NCCOc2ncccc2Cl)c1Cl. The van der Waals surface area contributed by atoms with Crippen LogP contribution in [0.15, 0.2) is 24.7 Å². The lowest BCUT2D eigenvalue weighted by Gasteiger charge is -2.10. The lowest BCUT2D eigenvalue weighted by Crippen LogP contribution is -2.14. The van der Waals surface area contributed by atoms with Crippen LogP contribution in [0.4, 0.5) is 5.82 Å². The summed E-state index contributed by atoms with van der Waals surface area (Å²) < 4.78 is 5.46. The number of halogens is 2. The quantitative estimate of drug-likeness (QED) is 0.830. The van der Waals surface area contributed by atoms with Crippen LogP contribution >= 0.6 is 23.2 Å². The molecule has 0 atom stereocenters. The topological polar surface area (TPSA) is 59.9 Å². The van der Waals surface area contributed by atoms with Gasteiger partial charge >= 0.3 is 0 Å². The van der Waals surface area contributed by atoms with Crippen molar-refractivity contribution in [3.05, 3.63) is 40.4 Å². The Morgan fingerprint density at radius 2 is 2.10 bits per heavy atom. The molecular formula is C13H14Cl2N4O. The van der Waals surface area contributed by atoms with E-state index < -0.39 is 0 Å². The molecule has 1 N–H and O–H groups in total. The standard InChI is InChI=1S/C13H14Cl2N4O/c1-2-10-11(15)12(19-8-18-10)16-6-7-20-13-9(14)4-3-5-17-13/h3-5,8H,2,6-7H2,1H3,(H,16,18,19). The molecule has 0 saturated heterocycles. The molecule has 0 amide bonds. The second-order valence-electron chi connectivity index (χ2n) is 3.90. The Morgan fingerprint density at radius 3 is 2.85 bits per heavy atom. The predicted octanol–water partition coefficient (Wildman–Crippen LogP) is 3.23. The Balaban J connectivity index is 1.86. The summed E-state index contributed by atoms with van der Waals surface area (Å²) in [5.41, 5.74) is 0.817. The van der Waals surface area contributed by atoms with Gasteiger partial charge in [-0.2, -0.15) is 0 Å². The number of aryl methyl sites for hydroxylation is 1. The van der Waals surface area contributed by atoms with Crippen molar-refractivity contribution in [2.24, 2.45) is 0 Å². The highest BCUT2D eigenvalue weighted by Crippen LogP contribution is 2.22. The lowest BCUT2D eigenvalue weighted by molar-refractivity contribution is 0.320. The Hall–Kier alpha value is -1.59. The van der Waals surface area contributed by atoms with Crippen molar-refractivity contribution in [1.29, 1.82) is 0 Å². The van der Waals surface area contributed by atoms with Crippen LogP contribution in [0.3, 0.4) is 0 Å². The van der Waals surface area contributed by atoms with Crippen molar-refractivity contribution in [2.45, 2.75) is 13.3 Å². The van der Waals surface area contributed by atoms with Crippen molar-refractivity contribution in [2.75, 3.05) is 18.5 Å². The van der Waals surface area contributed by atoms with Crippen LogP contribution in [0.5, 0.6) is 5.88 Å². The van der Waals surface area contributed by atoms with Crippen LogP contribution in [0, 0.1) is 0 Å². The molecule has 0 fully saturated rings. The first-order valence-electron chi connectivity index (χ1n) is 6.19. The summed E-state index contributed by atoms with van der Waals surface area (Å²) in [5.74, 6) is 1.02. The van der Waals surface area contributed by atoms with Crippen molar-refractivity contribution in [3.63, 3.8) is 0 Å². The molecule has 0 spiro atoms. The van der Waals surface area contributed by atoms with Crippen LogP contribution < -0.4 is 10.1 Å². The van der Waals surface area contributed by atoms with Gasteiger partial charge in [0.25, 0.3) is 0 Å². The first-order valence-corrected chi connectivity index (χ1v) is 6.94. The number of nitrogens with zero attached hydrogens (tertiary/aromatic N) is 3. The van der Waals surface area contributed by atoms with Gasteiger partial charge in [-0.1, -0.05) is 30.1 Å². The first kappa shape index (κ1) is 14.8. The van der Waals surface area contributed by atoms with Crippen LogP contribution in [-0.2, 0) is 6.42 Å². The number of anilines is 1. The smallest absolute Gasteiger partial charge is 0.232 e. The van der Waals surface area contributed by atoms with E-state index >= 15 is 0 Å². The number of ether oxygens (including phenoxy) is 1. The molecule has 0 saturated carbocycles. The van der Waals surface area contributed by atoms with E-state index in [-0.39, 0.29) is 0 Å². The van der Waals surface area contributed by atoms with Crippen molar-refractivity contribution < 1.29 is 4.74 Å². The van der Waals surface area contributed by atoms with E-state index in [4.69, 9.17) is 27.9 Å². The number of hydrogen-bond acceptors (Lipinski definition) is 5. The largest absolute Gasteiger partial charge is 0.475 e. The number of hydrogen-bond donors (Lipinski definition) is 1. The molecule has 0 aliphatic heterocycles. The minimum Gasteiger partial charge on any atom is -0.475 e. The highest BCUT2D eigenvalue weighted by molar-refractivity contribution is 6.33. The monoisotopic (exact) mass is 312 g/mol. The van der Waals surface area contributed by atoms with Crippen LogP contribution in [-0.4, -0.2) is 28.1 Å². The lowest BCUT2D eigenvalue weighted by atomic mass is 10.3. The van der Waals surface area contributed by atoms with Gasteiger partial charge in [-0.05, 0) is 18.6 Å². The van der Waals surface area contributed by atoms with Gasteiger partial charge in [0.2, 0.25) is 5.88 Å². The average molecular weight is 313 g/mol. The van der Waals surface area contributed by atoms with Gasteiger partial charge in [0.1, 0.15) is 28.8 Å². The van der Waals surface area contributed by atoms with Crippen LogP contribution in [0.2, 0.25) is 10.0 Å². The Labute approximate surface area is 127 Å². The van der Waals surface area contributed by atoms with Gasteiger partial charge in [0, 0.05) is 6.20 Å². The molecule has 2 aromatic rings. The molecule has 0 bridgehead atoms. The molecule has 20 heavy (non-hydrogen) atoms. The second-order valence-corrected chi connectivity index (χ2v) is 4.69. The summed E-state index contributed by atoms with van der Waals surface area (Å²) in [5, 5.41) is 4.13. The molecule has 7 heteroatoms.